The minimum atomic E-state index is -3.41. The van der Waals surface area contributed by atoms with Gasteiger partial charge in [-0.3, -0.25) is 0 Å². The summed E-state index contributed by atoms with van der Waals surface area (Å²) in [6, 6.07) is 13.5. The van der Waals surface area contributed by atoms with Crippen LogP contribution in [0.1, 0.15) is 22.8 Å². The van der Waals surface area contributed by atoms with E-state index >= 15 is 0 Å². The summed E-state index contributed by atoms with van der Waals surface area (Å²) in [6.45, 7) is 0.534. The Morgan fingerprint density at radius 1 is 1.19 bits per heavy atom. The van der Waals surface area contributed by atoms with Gasteiger partial charge in [-0.05, 0) is 37.1 Å². The van der Waals surface area contributed by atoms with Crippen molar-refractivity contribution in [3.63, 3.8) is 0 Å². The van der Waals surface area contributed by atoms with Crippen molar-refractivity contribution in [3.8, 4) is 0 Å². The Bertz CT molecular complexity index is 710. The first kappa shape index (κ1) is 14.7. The van der Waals surface area contributed by atoms with Crippen LogP contribution in [-0.4, -0.2) is 21.0 Å². The van der Waals surface area contributed by atoms with Crippen molar-refractivity contribution in [1.82, 2.24) is 4.72 Å². The van der Waals surface area contributed by atoms with Gasteiger partial charge in [-0.2, -0.15) is 0 Å². The Kier molecular flexibility index (Phi) is 4.12. The van der Waals surface area contributed by atoms with E-state index < -0.39 is 10.0 Å². The maximum atomic E-state index is 12.3. The molecule has 1 saturated carbocycles. The van der Waals surface area contributed by atoms with Crippen molar-refractivity contribution in [2.75, 3.05) is 6.54 Å². The van der Waals surface area contributed by atoms with E-state index in [1.54, 1.807) is 6.07 Å². The number of rotatable bonds is 6. The molecule has 0 amide bonds. The van der Waals surface area contributed by atoms with Gasteiger partial charge in [0.25, 0.3) is 0 Å². The summed E-state index contributed by atoms with van der Waals surface area (Å²) in [5.74, 6) is 0.296. The molecule has 0 saturated heterocycles. The van der Waals surface area contributed by atoms with Crippen LogP contribution in [0.25, 0.3) is 0 Å². The zero-order valence-electron chi connectivity index (χ0n) is 11.5. The second-order valence-electron chi connectivity index (χ2n) is 5.24. The quantitative estimate of drug-likeness (QED) is 0.855. The largest absolute Gasteiger partial charge is 0.330 e. The minimum Gasteiger partial charge on any atom is -0.330 e. The van der Waals surface area contributed by atoms with Crippen molar-refractivity contribution < 1.29 is 8.42 Å². The number of sulfonamides is 1. The zero-order valence-corrected chi connectivity index (χ0v) is 13.2. The van der Waals surface area contributed by atoms with Crippen molar-refractivity contribution in [2.24, 2.45) is 5.73 Å². The van der Waals surface area contributed by atoms with E-state index in [4.69, 9.17) is 5.73 Å². The summed E-state index contributed by atoms with van der Waals surface area (Å²) < 4.78 is 27.9. The monoisotopic (exact) mass is 322 g/mol. The SMILES string of the molecule is NCCc1ccc(S(=O)(=O)NC2CC2c2ccccc2)s1. The van der Waals surface area contributed by atoms with Gasteiger partial charge in [0.2, 0.25) is 10.0 Å². The lowest BCUT2D eigenvalue weighted by atomic mass is 10.1. The zero-order chi connectivity index (χ0) is 14.9. The number of nitrogens with one attached hydrogen (secondary N) is 1. The molecule has 1 fully saturated rings. The number of benzene rings is 1. The minimum absolute atomic E-state index is 0.0115. The van der Waals surface area contributed by atoms with Gasteiger partial charge < -0.3 is 5.73 Å². The first-order valence-corrected chi connectivity index (χ1v) is 9.26. The molecule has 1 heterocycles. The molecule has 2 unspecified atom stereocenters. The third-order valence-corrected chi connectivity index (χ3v) is 6.74. The number of thiophene rings is 1. The molecule has 6 heteroatoms. The van der Waals surface area contributed by atoms with E-state index in [9.17, 15) is 8.42 Å². The highest BCUT2D eigenvalue weighted by atomic mass is 32.2. The van der Waals surface area contributed by atoms with E-state index in [0.29, 0.717) is 16.7 Å². The summed E-state index contributed by atoms with van der Waals surface area (Å²) in [7, 11) is -3.41. The van der Waals surface area contributed by atoms with Gasteiger partial charge >= 0.3 is 0 Å². The molecule has 1 aromatic heterocycles. The highest BCUT2D eigenvalue weighted by molar-refractivity contribution is 7.91. The molecule has 112 valence electrons. The van der Waals surface area contributed by atoms with Crippen LogP contribution in [-0.2, 0) is 16.4 Å². The maximum absolute atomic E-state index is 12.3. The van der Waals surface area contributed by atoms with Gasteiger partial charge in [0.05, 0.1) is 0 Å². The molecule has 0 radical (unpaired) electrons. The second-order valence-corrected chi connectivity index (χ2v) is 8.35. The third kappa shape index (κ3) is 3.35. The number of hydrogen-bond acceptors (Lipinski definition) is 4. The Labute approximate surface area is 129 Å². The third-order valence-electron chi connectivity index (χ3n) is 3.62. The Hall–Kier alpha value is -1.21. The Balaban J connectivity index is 1.67. The molecule has 21 heavy (non-hydrogen) atoms. The summed E-state index contributed by atoms with van der Waals surface area (Å²) >= 11 is 1.30. The van der Waals surface area contributed by atoms with E-state index in [1.807, 2.05) is 36.4 Å². The van der Waals surface area contributed by atoms with Crippen LogP contribution in [0.15, 0.2) is 46.7 Å². The molecular formula is C15H18N2O2S2. The van der Waals surface area contributed by atoms with Crippen LogP contribution in [0.2, 0.25) is 0 Å². The predicted molar refractivity (Wildman–Crippen MR) is 85.0 cm³/mol. The summed E-state index contributed by atoms with van der Waals surface area (Å²) in [5, 5.41) is 0. The lowest BCUT2D eigenvalue weighted by molar-refractivity contribution is 0.582. The standard InChI is InChI=1S/C15H18N2O2S2/c16-9-8-12-6-7-15(20-12)21(18,19)17-14-10-13(14)11-4-2-1-3-5-11/h1-7,13-14,17H,8-10,16H2. The van der Waals surface area contributed by atoms with Crippen LogP contribution in [0.3, 0.4) is 0 Å². The number of nitrogens with two attached hydrogens (primary N) is 1. The highest BCUT2D eigenvalue weighted by Crippen LogP contribution is 2.41. The summed E-state index contributed by atoms with van der Waals surface area (Å²) in [4.78, 5) is 1.01. The average Bonchev–Trinajstić information content (AvgIpc) is 3.04. The van der Waals surface area contributed by atoms with Crippen molar-refractivity contribution >= 4 is 21.4 Å². The fraction of sp³-hybridized carbons (Fsp3) is 0.333. The van der Waals surface area contributed by atoms with Crippen LogP contribution in [0.5, 0.6) is 0 Å². The van der Waals surface area contributed by atoms with Crippen molar-refractivity contribution in [3.05, 3.63) is 52.9 Å². The first-order chi connectivity index (χ1) is 10.1. The molecular weight excluding hydrogens is 304 g/mol. The highest BCUT2D eigenvalue weighted by Gasteiger charge is 2.41. The molecule has 3 N–H and O–H groups in total. The van der Waals surface area contributed by atoms with Gasteiger partial charge in [0.15, 0.2) is 0 Å². The maximum Gasteiger partial charge on any atom is 0.250 e. The molecule has 1 aromatic carbocycles. The predicted octanol–water partition coefficient (Wildman–Crippen LogP) is 2.08. The lowest BCUT2D eigenvalue weighted by Crippen LogP contribution is -2.26. The van der Waals surface area contributed by atoms with Crippen LogP contribution in [0.4, 0.5) is 0 Å². The van der Waals surface area contributed by atoms with Crippen LogP contribution < -0.4 is 10.5 Å². The molecule has 0 spiro atoms. The van der Waals surface area contributed by atoms with Gasteiger partial charge in [-0.15, -0.1) is 11.3 Å². The summed E-state index contributed by atoms with van der Waals surface area (Å²) in [5.41, 5.74) is 6.69. The van der Waals surface area contributed by atoms with E-state index in [1.165, 1.54) is 16.9 Å². The Morgan fingerprint density at radius 3 is 2.67 bits per heavy atom. The Morgan fingerprint density at radius 2 is 1.95 bits per heavy atom. The van der Waals surface area contributed by atoms with Gasteiger partial charge in [-0.25, -0.2) is 13.1 Å². The van der Waals surface area contributed by atoms with E-state index in [2.05, 4.69) is 4.72 Å². The molecule has 1 aliphatic rings. The van der Waals surface area contributed by atoms with E-state index in [0.717, 1.165) is 17.7 Å². The van der Waals surface area contributed by atoms with Crippen molar-refractivity contribution in [1.29, 1.82) is 0 Å². The molecule has 2 atom stereocenters. The van der Waals surface area contributed by atoms with E-state index in [-0.39, 0.29) is 6.04 Å². The van der Waals surface area contributed by atoms with Crippen LogP contribution >= 0.6 is 11.3 Å². The average molecular weight is 322 g/mol. The summed E-state index contributed by atoms with van der Waals surface area (Å²) in [6.07, 6.45) is 1.58. The molecule has 2 aromatic rings. The van der Waals surface area contributed by atoms with Gasteiger partial charge in [0, 0.05) is 16.8 Å². The molecule has 0 aliphatic heterocycles. The van der Waals surface area contributed by atoms with Crippen LogP contribution in [0, 0.1) is 0 Å². The number of hydrogen-bond donors (Lipinski definition) is 2. The van der Waals surface area contributed by atoms with Crippen molar-refractivity contribution in [2.45, 2.75) is 29.0 Å². The second kappa shape index (κ2) is 5.88. The topological polar surface area (TPSA) is 72.2 Å². The van der Waals surface area contributed by atoms with Gasteiger partial charge in [-0.1, -0.05) is 30.3 Å². The molecule has 4 nitrogen and oxygen atoms in total. The normalized spacial score (nSPS) is 21.4. The molecule has 3 rings (SSSR count). The first-order valence-electron chi connectivity index (χ1n) is 6.96. The molecule has 1 aliphatic carbocycles. The fourth-order valence-corrected chi connectivity index (χ4v) is 5.11. The lowest BCUT2D eigenvalue weighted by Gasteiger charge is -2.04. The smallest absolute Gasteiger partial charge is 0.250 e. The van der Waals surface area contributed by atoms with Gasteiger partial charge in [0.1, 0.15) is 4.21 Å². The molecule has 0 bridgehead atoms. The fourth-order valence-electron chi connectivity index (χ4n) is 2.43.